The van der Waals surface area contributed by atoms with Gasteiger partial charge in [-0.1, -0.05) is 36.9 Å². The predicted octanol–water partition coefficient (Wildman–Crippen LogP) is 6.81. The van der Waals surface area contributed by atoms with Gasteiger partial charge in [0.15, 0.2) is 0 Å². The Labute approximate surface area is 226 Å². The van der Waals surface area contributed by atoms with Gasteiger partial charge in [-0.15, -0.1) is 0 Å². The Bertz CT molecular complexity index is 1430. The molecule has 0 aliphatic heterocycles. The second-order valence-electron chi connectivity index (χ2n) is 9.02. The van der Waals surface area contributed by atoms with Gasteiger partial charge < -0.3 is 9.84 Å². The van der Waals surface area contributed by atoms with Gasteiger partial charge in [0.2, 0.25) is 0 Å². The van der Waals surface area contributed by atoms with Crippen molar-refractivity contribution in [3.63, 3.8) is 0 Å². The van der Waals surface area contributed by atoms with E-state index < -0.39 is 22.8 Å². The van der Waals surface area contributed by atoms with Gasteiger partial charge in [0, 0.05) is 29.6 Å². The summed E-state index contributed by atoms with van der Waals surface area (Å²) in [4.78, 5) is 22.2. The molecule has 2 rings (SSSR count). The number of aliphatic imine (C=N–C) groups is 1. The number of aryl methyl sites for hydroxylation is 2. The standard InChI is InChI=1S/C29H32ClF2N3O3/c1-9-11-23(34-20(6)29(7,8)37)24-14-25(17(3)15-33-24)35-19(5)12-26(27(30)28(35)36)38-16-18(4)22(32)13-21(31)10-2/h9-15,37H,4,6,16H2,1-3,5,7-8H3/b11-9-,21-10+,22-13+,34-23?. The van der Waals surface area contributed by atoms with Gasteiger partial charge in [-0.05, 0) is 59.2 Å². The first-order valence-electron chi connectivity index (χ1n) is 11.7. The van der Waals surface area contributed by atoms with E-state index in [-0.39, 0.29) is 28.6 Å². The Morgan fingerprint density at radius 3 is 2.50 bits per heavy atom. The van der Waals surface area contributed by atoms with Crippen LogP contribution in [0.3, 0.4) is 0 Å². The largest absolute Gasteiger partial charge is 0.487 e. The highest BCUT2D eigenvalue weighted by Gasteiger charge is 2.20. The maximum Gasteiger partial charge on any atom is 0.277 e. The van der Waals surface area contributed by atoms with Crippen LogP contribution in [0.2, 0.25) is 5.02 Å². The van der Waals surface area contributed by atoms with Crippen LogP contribution in [0.25, 0.3) is 5.69 Å². The van der Waals surface area contributed by atoms with Crippen LogP contribution < -0.4 is 10.3 Å². The zero-order valence-corrected chi connectivity index (χ0v) is 23.2. The summed E-state index contributed by atoms with van der Waals surface area (Å²) in [7, 11) is 0. The zero-order valence-electron chi connectivity index (χ0n) is 22.4. The van der Waals surface area contributed by atoms with E-state index in [1.807, 2.05) is 6.92 Å². The molecule has 0 bridgehead atoms. The molecular weight excluding hydrogens is 512 g/mol. The van der Waals surface area contributed by atoms with Crippen molar-refractivity contribution >= 4 is 17.3 Å². The Morgan fingerprint density at radius 1 is 1.26 bits per heavy atom. The van der Waals surface area contributed by atoms with E-state index in [4.69, 9.17) is 16.3 Å². The molecule has 0 spiro atoms. The SMILES string of the molecule is C=C(COc1cc(C)n(-c2cc(C(/C=C\C)=NC(=C)C(C)(C)O)ncc2C)c(=O)c1Cl)/C(F)=C\C(F)=C/C. The molecule has 0 fully saturated rings. The number of ether oxygens (including phenoxy) is 1. The van der Waals surface area contributed by atoms with Crippen LogP contribution in [0, 0.1) is 13.8 Å². The number of allylic oxidation sites excluding steroid dienone is 5. The van der Waals surface area contributed by atoms with Gasteiger partial charge in [-0.2, -0.15) is 0 Å². The van der Waals surface area contributed by atoms with Crippen LogP contribution in [0.1, 0.15) is 44.6 Å². The lowest BCUT2D eigenvalue weighted by Crippen LogP contribution is -2.23. The Balaban J connectivity index is 2.52. The summed E-state index contributed by atoms with van der Waals surface area (Å²) in [6.45, 7) is 16.9. The fourth-order valence-corrected chi connectivity index (χ4v) is 3.33. The highest BCUT2D eigenvalue weighted by Crippen LogP contribution is 2.26. The van der Waals surface area contributed by atoms with Gasteiger partial charge >= 0.3 is 0 Å². The molecule has 0 aliphatic carbocycles. The minimum atomic E-state index is -1.23. The van der Waals surface area contributed by atoms with Crippen LogP contribution in [0.15, 0.2) is 88.5 Å². The minimum absolute atomic E-state index is 0.0375. The molecule has 0 aliphatic rings. The van der Waals surface area contributed by atoms with E-state index in [1.54, 1.807) is 58.2 Å². The molecule has 6 nitrogen and oxygen atoms in total. The van der Waals surface area contributed by atoms with Gasteiger partial charge in [0.05, 0.1) is 22.8 Å². The molecule has 0 unspecified atom stereocenters. The molecule has 2 heterocycles. The van der Waals surface area contributed by atoms with Crippen molar-refractivity contribution in [3.05, 3.63) is 111 Å². The van der Waals surface area contributed by atoms with Crippen LogP contribution in [-0.4, -0.2) is 32.6 Å². The smallest absolute Gasteiger partial charge is 0.277 e. The third-order valence-electron chi connectivity index (χ3n) is 5.44. The van der Waals surface area contributed by atoms with Crippen molar-refractivity contribution in [2.24, 2.45) is 4.99 Å². The maximum absolute atomic E-state index is 14.1. The van der Waals surface area contributed by atoms with Gasteiger partial charge in [-0.3, -0.25) is 14.3 Å². The first-order chi connectivity index (χ1) is 17.7. The fraction of sp³-hybridized carbons (Fsp3) is 0.276. The first-order valence-corrected chi connectivity index (χ1v) is 12.1. The van der Waals surface area contributed by atoms with Crippen molar-refractivity contribution < 1.29 is 18.6 Å². The molecule has 0 aromatic carbocycles. The molecular formula is C29H32ClF2N3O3. The van der Waals surface area contributed by atoms with Crippen molar-refractivity contribution in [2.75, 3.05) is 6.61 Å². The maximum atomic E-state index is 14.1. The first kappa shape index (κ1) is 30.6. The molecule has 2 aromatic heterocycles. The molecule has 9 heteroatoms. The monoisotopic (exact) mass is 543 g/mol. The number of aromatic nitrogens is 2. The van der Waals surface area contributed by atoms with E-state index in [0.29, 0.717) is 34.4 Å². The van der Waals surface area contributed by atoms with Crippen molar-refractivity contribution in [1.82, 2.24) is 9.55 Å². The average molecular weight is 544 g/mol. The van der Waals surface area contributed by atoms with Crippen LogP contribution in [0.5, 0.6) is 5.75 Å². The summed E-state index contributed by atoms with van der Waals surface area (Å²) in [6, 6.07) is 3.23. The number of nitrogens with zero attached hydrogens (tertiary/aromatic N) is 3. The summed E-state index contributed by atoms with van der Waals surface area (Å²) in [5.41, 5.74) is 0.919. The van der Waals surface area contributed by atoms with E-state index in [1.165, 1.54) is 11.5 Å². The fourth-order valence-electron chi connectivity index (χ4n) is 3.14. The molecule has 0 saturated heterocycles. The molecule has 0 saturated carbocycles. The second-order valence-corrected chi connectivity index (χ2v) is 9.40. The van der Waals surface area contributed by atoms with Gasteiger partial charge in [0.25, 0.3) is 5.56 Å². The molecule has 1 N–H and O–H groups in total. The van der Waals surface area contributed by atoms with Crippen LogP contribution in [0.4, 0.5) is 8.78 Å². The predicted molar refractivity (Wildman–Crippen MR) is 150 cm³/mol. The summed E-state index contributed by atoms with van der Waals surface area (Å²) in [6.07, 6.45) is 6.90. The van der Waals surface area contributed by atoms with E-state index >= 15 is 0 Å². The molecule has 2 aromatic rings. The second kappa shape index (κ2) is 12.8. The minimum Gasteiger partial charge on any atom is -0.487 e. The number of hydrogen-bond acceptors (Lipinski definition) is 5. The number of aliphatic hydroxyl groups is 1. The molecule has 0 radical (unpaired) electrons. The molecule has 0 amide bonds. The highest BCUT2D eigenvalue weighted by molar-refractivity contribution is 6.31. The summed E-state index contributed by atoms with van der Waals surface area (Å²) >= 11 is 6.36. The van der Waals surface area contributed by atoms with Crippen molar-refractivity contribution in [1.29, 1.82) is 0 Å². The van der Waals surface area contributed by atoms with Crippen molar-refractivity contribution in [3.8, 4) is 11.4 Å². The molecule has 0 atom stereocenters. The van der Waals surface area contributed by atoms with Crippen LogP contribution in [-0.2, 0) is 0 Å². The number of rotatable bonds is 10. The van der Waals surface area contributed by atoms with Gasteiger partial charge in [0.1, 0.15) is 34.6 Å². The third kappa shape index (κ3) is 7.46. The Kier molecular flexibility index (Phi) is 10.3. The molecule has 202 valence electrons. The lowest BCUT2D eigenvalue weighted by atomic mass is 10.1. The van der Waals surface area contributed by atoms with Gasteiger partial charge in [-0.25, -0.2) is 13.8 Å². The van der Waals surface area contributed by atoms with E-state index in [2.05, 4.69) is 23.1 Å². The van der Waals surface area contributed by atoms with Crippen molar-refractivity contribution in [2.45, 2.75) is 47.1 Å². The topological polar surface area (TPSA) is 76.7 Å². The summed E-state index contributed by atoms with van der Waals surface area (Å²) < 4.78 is 34.4. The van der Waals surface area contributed by atoms with E-state index in [9.17, 15) is 18.7 Å². The van der Waals surface area contributed by atoms with E-state index in [0.717, 1.165) is 6.08 Å². The Morgan fingerprint density at radius 2 is 1.92 bits per heavy atom. The number of pyridine rings is 2. The highest BCUT2D eigenvalue weighted by atomic mass is 35.5. The lowest BCUT2D eigenvalue weighted by molar-refractivity contribution is 0.119. The number of hydrogen-bond donors (Lipinski definition) is 1. The summed E-state index contributed by atoms with van der Waals surface area (Å²) in [5.74, 6) is -1.60. The zero-order chi connectivity index (χ0) is 28.8. The third-order valence-corrected chi connectivity index (χ3v) is 5.79. The average Bonchev–Trinajstić information content (AvgIpc) is 2.85. The quantitative estimate of drug-likeness (QED) is 0.264. The normalized spacial score (nSPS) is 13.3. The summed E-state index contributed by atoms with van der Waals surface area (Å²) in [5, 5.41) is 10.0. The Hall–Kier alpha value is -3.62. The molecule has 38 heavy (non-hydrogen) atoms. The van der Waals surface area contributed by atoms with Crippen LogP contribution >= 0.6 is 11.6 Å². The lowest BCUT2D eigenvalue weighted by Gasteiger charge is -2.18. The number of halogens is 3.